The first-order valence-corrected chi connectivity index (χ1v) is 12.3. The average molecular weight is 507 g/mol. The Morgan fingerprint density at radius 2 is 1.82 bits per heavy atom. The molecule has 6 rings (SSSR count). The molecule has 190 valence electrons. The summed E-state index contributed by atoms with van der Waals surface area (Å²) in [5.41, 5.74) is 11.6. The number of carbonyl (C=O) groups excluding carboxylic acids is 2. The van der Waals surface area contributed by atoms with Crippen molar-refractivity contribution in [2.45, 2.75) is 12.5 Å². The minimum atomic E-state index is -0.307. The van der Waals surface area contributed by atoms with Gasteiger partial charge in [0.25, 0.3) is 11.8 Å². The third-order valence-electron chi connectivity index (χ3n) is 6.92. The number of pyridine rings is 1. The second-order valence-electron chi connectivity index (χ2n) is 9.52. The molecule has 10 heteroatoms. The Balaban J connectivity index is 1.10. The Kier molecular flexibility index (Phi) is 5.83. The molecular weight excluding hydrogens is 480 g/mol. The Hall–Kier alpha value is -4.99. The number of aromatic nitrogens is 5. The summed E-state index contributed by atoms with van der Waals surface area (Å²) in [6.07, 6.45) is 7.63. The van der Waals surface area contributed by atoms with Crippen LogP contribution in [0, 0.1) is 0 Å². The Labute approximate surface area is 218 Å². The molecule has 3 aromatic heterocycles. The first-order valence-electron chi connectivity index (χ1n) is 12.3. The number of anilines is 1. The maximum atomic E-state index is 13.2. The van der Waals surface area contributed by atoms with Gasteiger partial charge in [0.1, 0.15) is 5.82 Å². The van der Waals surface area contributed by atoms with E-state index in [4.69, 9.17) is 5.73 Å². The standard InChI is InChI=1S/C28H26N8O2/c1-35-15-22(14-32-35)21-10-24(26(29)30-12-21)27(37)33-23-8-9-36(16-23)28(38)18-4-2-17(3-5-18)19-6-7-20-13-31-34-25(20)11-19/h2-7,10-15,23H,8-9,16H2,1H3,(H2,29,30)(H,31,34)(H,33,37)/t23-/m1/s1. The number of carbonyl (C=O) groups is 2. The van der Waals surface area contributed by atoms with Crippen LogP contribution in [0.15, 0.2) is 73.3 Å². The van der Waals surface area contributed by atoms with Gasteiger partial charge in [0, 0.05) is 60.6 Å². The van der Waals surface area contributed by atoms with E-state index >= 15 is 0 Å². The summed E-state index contributed by atoms with van der Waals surface area (Å²) < 4.78 is 1.68. The molecule has 0 aliphatic carbocycles. The van der Waals surface area contributed by atoms with E-state index in [0.717, 1.165) is 33.2 Å². The van der Waals surface area contributed by atoms with Gasteiger partial charge < -0.3 is 16.0 Å². The first-order chi connectivity index (χ1) is 18.4. The van der Waals surface area contributed by atoms with Crippen molar-refractivity contribution in [3.05, 3.63) is 84.4 Å². The van der Waals surface area contributed by atoms with Gasteiger partial charge in [-0.2, -0.15) is 10.2 Å². The third-order valence-corrected chi connectivity index (χ3v) is 6.92. The number of amides is 2. The molecule has 0 radical (unpaired) electrons. The molecular formula is C28H26N8O2. The fourth-order valence-electron chi connectivity index (χ4n) is 4.82. The molecule has 1 aliphatic heterocycles. The lowest BCUT2D eigenvalue weighted by Crippen LogP contribution is -2.38. The van der Waals surface area contributed by atoms with E-state index < -0.39 is 0 Å². The highest BCUT2D eigenvalue weighted by molar-refractivity contribution is 6.00. The van der Waals surface area contributed by atoms with Crippen LogP contribution in [-0.4, -0.2) is 60.8 Å². The molecule has 0 unspecified atom stereocenters. The van der Waals surface area contributed by atoms with Gasteiger partial charge in [-0.05, 0) is 41.8 Å². The number of benzene rings is 2. The number of nitrogens with two attached hydrogens (primary N) is 1. The average Bonchev–Trinajstić information content (AvgIpc) is 3.69. The second kappa shape index (κ2) is 9.47. The normalized spacial score (nSPS) is 15.2. The maximum Gasteiger partial charge on any atom is 0.255 e. The Morgan fingerprint density at radius 3 is 2.61 bits per heavy atom. The number of nitrogens with one attached hydrogen (secondary N) is 2. The lowest BCUT2D eigenvalue weighted by Gasteiger charge is -2.18. The van der Waals surface area contributed by atoms with Crippen LogP contribution in [0.2, 0.25) is 0 Å². The molecule has 1 fully saturated rings. The van der Waals surface area contributed by atoms with Crippen LogP contribution in [0.1, 0.15) is 27.1 Å². The van der Waals surface area contributed by atoms with Crippen LogP contribution < -0.4 is 11.1 Å². The molecule has 1 atom stereocenters. The van der Waals surface area contributed by atoms with Crippen LogP contribution in [0.25, 0.3) is 33.2 Å². The van der Waals surface area contributed by atoms with Crippen molar-refractivity contribution in [2.75, 3.05) is 18.8 Å². The molecule has 4 N–H and O–H groups in total. The minimum Gasteiger partial charge on any atom is -0.383 e. The summed E-state index contributed by atoms with van der Waals surface area (Å²) in [4.78, 5) is 32.2. The zero-order valence-electron chi connectivity index (χ0n) is 20.8. The molecule has 2 aromatic carbocycles. The van der Waals surface area contributed by atoms with Gasteiger partial charge in [-0.1, -0.05) is 24.3 Å². The van der Waals surface area contributed by atoms with Crippen LogP contribution in [0.4, 0.5) is 5.82 Å². The van der Waals surface area contributed by atoms with Crippen molar-refractivity contribution in [3.8, 4) is 22.3 Å². The lowest BCUT2D eigenvalue weighted by atomic mass is 10.0. The van der Waals surface area contributed by atoms with Gasteiger partial charge in [-0.15, -0.1) is 0 Å². The highest BCUT2D eigenvalue weighted by atomic mass is 16.2. The largest absolute Gasteiger partial charge is 0.383 e. The van der Waals surface area contributed by atoms with Crippen LogP contribution in [-0.2, 0) is 7.05 Å². The third kappa shape index (κ3) is 4.47. The number of hydrogen-bond donors (Lipinski definition) is 3. The van der Waals surface area contributed by atoms with Gasteiger partial charge in [0.05, 0.1) is 23.5 Å². The van der Waals surface area contributed by atoms with Crippen LogP contribution in [0.5, 0.6) is 0 Å². The molecule has 10 nitrogen and oxygen atoms in total. The number of H-pyrrole nitrogens is 1. The van der Waals surface area contributed by atoms with Crippen molar-refractivity contribution >= 4 is 28.5 Å². The zero-order chi connectivity index (χ0) is 26.2. The molecule has 4 heterocycles. The van der Waals surface area contributed by atoms with E-state index in [1.54, 1.807) is 34.2 Å². The fourth-order valence-corrected chi connectivity index (χ4v) is 4.82. The molecule has 0 bridgehead atoms. The van der Waals surface area contributed by atoms with E-state index in [1.165, 1.54) is 0 Å². The first kappa shape index (κ1) is 23.4. The van der Waals surface area contributed by atoms with E-state index in [-0.39, 0.29) is 23.7 Å². The van der Waals surface area contributed by atoms with Crippen molar-refractivity contribution in [1.82, 2.24) is 35.2 Å². The quantitative estimate of drug-likeness (QED) is 0.335. The van der Waals surface area contributed by atoms with Crippen molar-refractivity contribution in [3.63, 3.8) is 0 Å². The number of nitrogen functional groups attached to an aromatic ring is 1. The van der Waals surface area contributed by atoms with Crippen molar-refractivity contribution in [2.24, 2.45) is 7.05 Å². The minimum absolute atomic E-state index is 0.0583. The highest BCUT2D eigenvalue weighted by Crippen LogP contribution is 2.25. The SMILES string of the molecule is Cn1cc(-c2cnc(N)c(C(=O)N[C@@H]3CCN(C(=O)c4ccc(-c5ccc6cn[nH]c6c5)cc4)C3)c2)cn1. The van der Waals surface area contributed by atoms with E-state index in [2.05, 4.69) is 25.6 Å². The smallest absolute Gasteiger partial charge is 0.255 e. The summed E-state index contributed by atoms with van der Waals surface area (Å²) in [6, 6.07) is 15.2. The molecule has 0 saturated carbocycles. The number of rotatable bonds is 5. The molecule has 5 aromatic rings. The molecule has 1 saturated heterocycles. The monoisotopic (exact) mass is 506 g/mol. The second-order valence-corrected chi connectivity index (χ2v) is 9.52. The lowest BCUT2D eigenvalue weighted by molar-refractivity contribution is 0.0783. The van der Waals surface area contributed by atoms with Crippen LogP contribution >= 0.6 is 0 Å². The molecule has 0 spiro atoms. The number of likely N-dealkylation sites (tertiary alicyclic amines) is 1. The van der Waals surface area contributed by atoms with Gasteiger partial charge >= 0.3 is 0 Å². The Bertz CT molecular complexity index is 1650. The summed E-state index contributed by atoms with van der Waals surface area (Å²) in [6.45, 7) is 0.990. The molecule has 2 amide bonds. The summed E-state index contributed by atoms with van der Waals surface area (Å²) in [5, 5.41) is 15.3. The number of fused-ring (bicyclic) bond motifs is 1. The highest BCUT2D eigenvalue weighted by Gasteiger charge is 2.29. The summed E-state index contributed by atoms with van der Waals surface area (Å²) >= 11 is 0. The number of nitrogens with zero attached hydrogens (tertiary/aromatic N) is 5. The molecule has 1 aliphatic rings. The summed E-state index contributed by atoms with van der Waals surface area (Å²) in [5.74, 6) is -0.205. The molecule has 38 heavy (non-hydrogen) atoms. The summed E-state index contributed by atoms with van der Waals surface area (Å²) in [7, 11) is 1.82. The predicted molar refractivity (Wildman–Crippen MR) is 144 cm³/mol. The van der Waals surface area contributed by atoms with E-state index in [0.29, 0.717) is 30.6 Å². The van der Waals surface area contributed by atoms with Crippen molar-refractivity contribution < 1.29 is 9.59 Å². The number of aryl methyl sites for hydroxylation is 1. The maximum absolute atomic E-state index is 13.2. The van der Waals surface area contributed by atoms with Crippen LogP contribution in [0.3, 0.4) is 0 Å². The van der Waals surface area contributed by atoms with Crippen molar-refractivity contribution in [1.29, 1.82) is 0 Å². The van der Waals surface area contributed by atoms with Gasteiger partial charge in [0.2, 0.25) is 0 Å². The number of hydrogen-bond acceptors (Lipinski definition) is 6. The van der Waals surface area contributed by atoms with E-state index in [1.807, 2.05) is 55.7 Å². The van der Waals surface area contributed by atoms with E-state index in [9.17, 15) is 9.59 Å². The van der Waals surface area contributed by atoms with Gasteiger partial charge in [-0.25, -0.2) is 4.98 Å². The fraction of sp³-hybridized carbons (Fsp3) is 0.179. The topological polar surface area (TPSA) is 135 Å². The van der Waals surface area contributed by atoms with Gasteiger partial charge in [-0.3, -0.25) is 19.4 Å². The Morgan fingerprint density at radius 1 is 1.00 bits per heavy atom. The van der Waals surface area contributed by atoms with Gasteiger partial charge in [0.15, 0.2) is 0 Å². The number of aromatic amines is 1. The zero-order valence-corrected chi connectivity index (χ0v) is 20.8. The predicted octanol–water partition coefficient (Wildman–Crippen LogP) is 3.25.